The van der Waals surface area contributed by atoms with E-state index in [1.165, 1.54) is 167 Å². The van der Waals surface area contributed by atoms with Crippen molar-refractivity contribution in [2.75, 3.05) is 0 Å². The van der Waals surface area contributed by atoms with Gasteiger partial charge in [0, 0.05) is 0 Å². The van der Waals surface area contributed by atoms with Gasteiger partial charge >= 0.3 is 35.8 Å². The summed E-state index contributed by atoms with van der Waals surface area (Å²) in [6, 6.07) is 0. The van der Waals surface area contributed by atoms with Crippen LogP contribution >= 0.6 is 0 Å². The smallest absolute Gasteiger partial charge is 0.313 e. The molecule has 0 spiro atoms. The van der Waals surface area contributed by atoms with Crippen LogP contribution in [0.25, 0.3) is 0 Å². The molecule has 0 saturated heterocycles. The van der Waals surface area contributed by atoms with Gasteiger partial charge in [0.1, 0.15) is 0 Å². The molecule has 20 bridgehead atoms. The highest BCUT2D eigenvalue weighted by Crippen LogP contribution is 2.70. The van der Waals surface area contributed by atoms with Crippen LogP contribution in [-0.2, 0) is 85.6 Å². The minimum atomic E-state index is -0.415. The molecule has 29 unspecified atom stereocenters. The van der Waals surface area contributed by atoms with Gasteiger partial charge in [0.15, 0.2) is 37.7 Å². The van der Waals surface area contributed by atoms with Crippen molar-refractivity contribution >= 4 is 35.8 Å². The number of hydrogen-bond donors (Lipinski definition) is 0. The molecule has 0 radical (unpaired) electrons. The Morgan fingerprint density at radius 2 is 0.466 bits per heavy atom. The van der Waals surface area contributed by atoms with E-state index in [0.717, 1.165) is 170 Å². The van der Waals surface area contributed by atoms with E-state index < -0.39 is 35.1 Å². The average Bonchev–Trinajstić information content (AvgIpc) is 1.55. The third kappa shape index (κ3) is 30.1. The number of carbonyl (C=O) groups excluding carboxylic acids is 6. The quantitative estimate of drug-likeness (QED) is 0.0283. The summed E-state index contributed by atoms with van der Waals surface area (Å²) in [7, 11) is 0. The van der Waals surface area contributed by atoms with Crippen molar-refractivity contribution in [3.63, 3.8) is 0 Å². The lowest BCUT2D eigenvalue weighted by Gasteiger charge is -2.54. The average molecular weight is 1890 g/mol. The van der Waals surface area contributed by atoms with Gasteiger partial charge in [0.2, 0.25) is 0 Å². The maximum Gasteiger partial charge on any atom is 0.313 e. The number of esters is 6. The van der Waals surface area contributed by atoms with Crippen LogP contribution in [0.15, 0.2) is 0 Å². The number of hydrogen-bond acceptors (Lipinski definition) is 18. The third-order valence-corrected chi connectivity index (χ3v) is 36.2. The van der Waals surface area contributed by atoms with Crippen molar-refractivity contribution in [1.29, 1.82) is 0 Å². The molecule has 20 rings (SSSR count). The molecule has 133 heavy (non-hydrogen) atoms. The van der Waals surface area contributed by atoms with Crippen LogP contribution < -0.4 is 0 Å². The van der Waals surface area contributed by atoms with Gasteiger partial charge in [-0.2, -0.15) is 0 Å². The molecule has 20 aliphatic carbocycles. The fourth-order valence-corrected chi connectivity index (χ4v) is 28.5. The van der Waals surface area contributed by atoms with Crippen molar-refractivity contribution in [3.8, 4) is 0 Å². The fourth-order valence-electron chi connectivity index (χ4n) is 28.5. The van der Waals surface area contributed by atoms with E-state index in [4.69, 9.17) is 56.8 Å². The third-order valence-electron chi connectivity index (χ3n) is 36.2. The molecule has 786 valence electrons. The van der Waals surface area contributed by atoms with Gasteiger partial charge in [0.25, 0.3) is 0 Å². The first-order chi connectivity index (χ1) is 57.4. The van der Waals surface area contributed by atoms with Crippen LogP contribution in [0.1, 0.15) is 453 Å². The number of rotatable bonds is 30. The van der Waals surface area contributed by atoms with E-state index in [2.05, 4.69) is 0 Å². The molecular formula is C115H218O18. The van der Waals surface area contributed by atoms with Crippen LogP contribution in [0.2, 0.25) is 0 Å². The van der Waals surface area contributed by atoms with Gasteiger partial charge in [-0.05, 0) is 443 Å². The molecule has 18 heteroatoms. The largest absolute Gasteiger partial charge is 0.436 e. The maximum absolute atomic E-state index is 12.2. The number of fused-ring (bicyclic) bond motifs is 22. The van der Waals surface area contributed by atoms with E-state index in [1.807, 2.05) is 145 Å². The first-order valence-electron chi connectivity index (χ1n) is 50.6. The van der Waals surface area contributed by atoms with Gasteiger partial charge in [-0.15, -0.1) is 0 Å². The van der Waals surface area contributed by atoms with Crippen molar-refractivity contribution in [3.05, 3.63) is 0 Å². The van der Waals surface area contributed by atoms with E-state index in [0.29, 0.717) is 60.3 Å². The van der Waals surface area contributed by atoms with Gasteiger partial charge < -0.3 is 56.8 Å². The summed E-state index contributed by atoms with van der Waals surface area (Å²) < 4.78 is 69.3. The Balaban J connectivity index is 0.000000786. The van der Waals surface area contributed by atoms with Crippen molar-refractivity contribution in [1.82, 2.24) is 0 Å². The lowest BCUT2D eigenvalue weighted by Crippen LogP contribution is -2.50. The molecule has 20 saturated carbocycles. The zero-order chi connectivity index (χ0) is 87.0. The van der Waals surface area contributed by atoms with Crippen molar-refractivity contribution in [2.45, 2.75) is 527 Å². The Labute approximate surface area is 820 Å². The molecule has 0 aromatic rings. The minimum absolute atomic E-state index is 0. The molecule has 29 atom stereocenters. The van der Waals surface area contributed by atoms with Gasteiger partial charge in [0.05, 0.1) is 70.6 Å². The summed E-state index contributed by atoms with van der Waals surface area (Å²) in [4.78, 5) is 71.7. The Morgan fingerprint density at radius 1 is 0.233 bits per heavy atom. The second kappa shape index (κ2) is 54.7. The van der Waals surface area contributed by atoms with Crippen molar-refractivity contribution in [2.24, 2.45) is 176 Å². The monoisotopic (exact) mass is 1890 g/mol. The zero-order valence-electron chi connectivity index (χ0n) is 79.4. The molecule has 0 heterocycles. The molecule has 20 aliphatic rings. The predicted molar refractivity (Wildman–Crippen MR) is 547 cm³/mol. The highest BCUT2D eigenvalue weighted by molar-refractivity contribution is 5.77. The molecule has 0 N–H and O–H groups in total. The second-order valence-corrected chi connectivity index (χ2v) is 45.4. The molecule has 0 aromatic heterocycles. The fraction of sp³-hybridized carbons (Fsp3) is 0.948. The lowest BCUT2D eigenvalue weighted by atomic mass is 9.55. The molecule has 0 aliphatic heterocycles. The first-order valence-corrected chi connectivity index (χ1v) is 50.6. The summed E-state index contributed by atoms with van der Waals surface area (Å²) in [5, 5.41) is 0. The number of carbonyl (C=O) groups is 6. The van der Waals surface area contributed by atoms with E-state index >= 15 is 0 Å². The Kier molecular flexibility index (Phi) is 52.5. The van der Waals surface area contributed by atoms with Gasteiger partial charge in [-0.1, -0.05) is 151 Å². The molecule has 0 amide bonds. The summed E-state index contributed by atoms with van der Waals surface area (Å²) in [6.07, 6.45) is 42.3. The van der Waals surface area contributed by atoms with Crippen molar-refractivity contribution < 1.29 is 85.6 Å². The van der Waals surface area contributed by atoms with E-state index in [1.54, 1.807) is 0 Å². The van der Waals surface area contributed by atoms with Crippen LogP contribution in [0.4, 0.5) is 0 Å². The SMILES string of the molecule is C.C.C.C.C.C.C.C.C.C.C.C.CCC(C)(C)C(=O)OC(C)OC1C2CC3CC(C2)CC1C3.CCC(C)(C)C(=O)OC(C)OC1CC2CC1C1C3CCC(C3)C21.CCC(C)(C)C(=O)OC(C)OC1CC2CCC1C2.CCC(C)C(=O)OC(C)OC1C2CC3CC(C2)CC1C3.CCC(C)C(=O)OC(C)OC1CC2CC1C1C3CCC(C3)C21.CCC(C)C(=O)OC(C)OC1CC2CCC1C2. The van der Waals surface area contributed by atoms with Crippen LogP contribution in [0.3, 0.4) is 0 Å². The highest BCUT2D eigenvalue weighted by atomic mass is 16.7. The molecule has 20 fully saturated rings. The standard InChI is InChI=1S/C20H32O3.C19H30O3.C18H30O3.C17H28O3.C15H26O3.C14H24O3.12CH4/c1-5-20(3,4)19(21)23-11(2)22-16-10-14-9-15(16)18-13-7-6-12(8-13)17(14)18;1-4-10(2)19(20)22-11(3)21-16-9-14-8-15(16)18-13-6-5-12(7-13)17(14)18;1-5-18(3,4)17(19)21-11(2)20-16-14-7-12-6-13(9-14)10-15(16)8-12;1-4-10(2)17(18)20-11(3)19-16-14-6-12-5-13(8-14)9-15(16)7-12;1-5-15(3,4)14(16)18-10(2)17-13-9-11-6-7-12(13)8-11;1-4-9(2)14(15)17-10(3)16-13-8-11-5-6-12(13)7-11;;;;;;;;;;;;/h11-18H,5-10H2,1-4H3;10-18H,4-9H2,1-3H3;11-16H,5-10H2,1-4H3;10-16H,4-9H2,1-3H3;10-13H,5-9H2,1-4H3;9-13H,4-8H2,1-3H3;12*1H4. The second-order valence-electron chi connectivity index (χ2n) is 45.4. The van der Waals surface area contributed by atoms with Crippen LogP contribution in [0.5, 0.6) is 0 Å². The molecule has 18 nitrogen and oxygen atoms in total. The molecule has 0 aromatic carbocycles. The topological polar surface area (TPSA) is 213 Å². The summed E-state index contributed by atoms with van der Waals surface area (Å²) >= 11 is 0. The summed E-state index contributed by atoms with van der Waals surface area (Å²) in [6.45, 7) is 40.6. The first kappa shape index (κ1) is 128. The number of ether oxygens (including phenoxy) is 12. The predicted octanol–water partition coefficient (Wildman–Crippen LogP) is 30.6. The van der Waals surface area contributed by atoms with Crippen LogP contribution in [-0.4, -0.2) is 110 Å². The Morgan fingerprint density at radius 3 is 0.714 bits per heavy atom. The Hall–Kier alpha value is -3.42. The van der Waals surface area contributed by atoms with E-state index in [9.17, 15) is 28.8 Å². The summed E-state index contributed by atoms with van der Waals surface area (Å²) in [5.74, 6) is 20.1. The van der Waals surface area contributed by atoms with Gasteiger partial charge in [-0.3, -0.25) is 28.8 Å². The highest BCUT2D eigenvalue weighted by Gasteiger charge is 2.65. The van der Waals surface area contributed by atoms with Crippen LogP contribution in [0, 0.1) is 176 Å². The Bertz CT molecular complexity index is 3350. The lowest BCUT2D eigenvalue weighted by molar-refractivity contribution is -0.224. The minimum Gasteiger partial charge on any atom is -0.436 e. The van der Waals surface area contributed by atoms with E-state index in [-0.39, 0.29) is 162 Å². The zero-order valence-corrected chi connectivity index (χ0v) is 79.4. The normalized spacial score (nSPS) is 37.0. The maximum atomic E-state index is 12.2. The molecular weight excluding hydrogens is 1670 g/mol. The summed E-state index contributed by atoms with van der Waals surface area (Å²) in [5.41, 5.74) is -1.24. The van der Waals surface area contributed by atoms with Gasteiger partial charge in [-0.25, -0.2) is 0 Å².